The van der Waals surface area contributed by atoms with Gasteiger partial charge in [0.2, 0.25) is 0 Å². The van der Waals surface area contributed by atoms with Crippen LogP contribution >= 0.6 is 0 Å². The molecule has 1 N–H and O–H groups in total. The van der Waals surface area contributed by atoms with Crippen molar-refractivity contribution in [2.45, 2.75) is 45.1 Å². The molecule has 2 aliphatic rings. The third kappa shape index (κ3) is 2.64. The van der Waals surface area contributed by atoms with E-state index in [9.17, 15) is 5.26 Å². The van der Waals surface area contributed by atoms with Crippen LogP contribution in [0.3, 0.4) is 0 Å². The fraction of sp³-hybridized carbons (Fsp3) is 0.625. The molecular formula is C16H22N4. The Morgan fingerprint density at radius 1 is 1.40 bits per heavy atom. The minimum absolute atomic E-state index is 0.455. The van der Waals surface area contributed by atoms with Gasteiger partial charge in [-0.15, -0.1) is 0 Å². The second kappa shape index (κ2) is 5.80. The average molecular weight is 270 g/mol. The third-order valence-corrected chi connectivity index (χ3v) is 4.55. The van der Waals surface area contributed by atoms with Crippen molar-refractivity contribution in [1.29, 1.82) is 5.26 Å². The van der Waals surface area contributed by atoms with Crippen LogP contribution in [0.25, 0.3) is 0 Å². The normalized spacial score (nSPS) is 19.6. The fourth-order valence-electron chi connectivity index (χ4n) is 3.25. The number of aromatic nitrogens is 1. The zero-order valence-electron chi connectivity index (χ0n) is 12.2. The van der Waals surface area contributed by atoms with Crippen molar-refractivity contribution in [1.82, 2.24) is 9.88 Å². The number of pyridine rings is 1. The molecule has 4 nitrogen and oxygen atoms in total. The topological polar surface area (TPSA) is 52.0 Å². The summed E-state index contributed by atoms with van der Waals surface area (Å²) in [5.41, 5.74) is 3.17. The fourth-order valence-corrected chi connectivity index (χ4v) is 3.25. The van der Waals surface area contributed by atoms with Crippen LogP contribution in [0.15, 0.2) is 6.07 Å². The Hall–Kier alpha value is -1.60. The van der Waals surface area contributed by atoms with E-state index >= 15 is 0 Å². The molecular weight excluding hydrogens is 248 g/mol. The van der Waals surface area contributed by atoms with Crippen LogP contribution in [0, 0.1) is 11.3 Å². The summed E-state index contributed by atoms with van der Waals surface area (Å²) in [5.74, 6) is 0.808. The molecule has 1 aliphatic heterocycles. The van der Waals surface area contributed by atoms with Gasteiger partial charge in [-0.3, -0.25) is 0 Å². The Morgan fingerprint density at radius 2 is 2.20 bits per heavy atom. The van der Waals surface area contributed by atoms with Crippen molar-refractivity contribution < 1.29 is 0 Å². The highest BCUT2D eigenvalue weighted by Gasteiger charge is 2.21. The number of likely N-dealkylation sites (tertiary alicyclic amines) is 1. The van der Waals surface area contributed by atoms with Gasteiger partial charge in [0.05, 0.1) is 5.56 Å². The van der Waals surface area contributed by atoms with Gasteiger partial charge in [-0.25, -0.2) is 4.98 Å². The highest BCUT2D eigenvalue weighted by molar-refractivity contribution is 5.55. The number of hydrogen-bond acceptors (Lipinski definition) is 4. The van der Waals surface area contributed by atoms with Crippen LogP contribution in [0.4, 0.5) is 5.82 Å². The predicted octanol–water partition coefficient (Wildman–Crippen LogP) is 2.34. The van der Waals surface area contributed by atoms with E-state index in [4.69, 9.17) is 4.98 Å². The molecule has 0 amide bonds. The second-order valence-electron chi connectivity index (χ2n) is 5.81. The molecule has 1 aromatic heterocycles. The largest absolute Gasteiger partial charge is 0.366 e. The number of hydrogen-bond donors (Lipinski definition) is 1. The van der Waals surface area contributed by atoms with Gasteiger partial charge in [0, 0.05) is 24.8 Å². The van der Waals surface area contributed by atoms with Crippen LogP contribution in [0.2, 0.25) is 0 Å². The summed E-state index contributed by atoms with van der Waals surface area (Å²) in [4.78, 5) is 7.18. The first-order valence-electron chi connectivity index (χ1n) is 7.72. The minimum atomic E-state index is 0.455. The Labute approximate surface area is 120 Å². The molecule has 0 aromatic carbocycles. The Balaban J connectivity index is 1.73. The van der Waals surface area contributed by atoms with Crippen LogP contribution in [-0.2, 0) is 12.8 Å². The highest BCUT2D eigenvalue weighted by Crippen LogP contribution is 2.26. The van der Waals surface area contributed by atoms with Gasteiger partial charge in [0.1, 0.15) is 11.9 Å². The summed E-state index contributed by atoms with van der Waals surface area (Å²) < 4.78 is 0. The summed E-state index contributed by atoms with van der Waals surface area (Å²) >= 11 is 0. The summed E-state index contributed by atoms with van der Waals surface area (Å²) in [6, 6.07) is 4.80. The molecule has 0 spiro atoms. The lowest BCUT2D eigenvalue weighted by Gasteiger charge is -2.31. The molecule has 1 fully saturated rings. The van der Waals surface area contributed by atoms with Gasteiger partial charge < -0.3 is 10.2 Å². The highest BCUT2D eigenvalue weighted by atomic mass is 15.1. The third-order valence-electron chi connectivity index (χ3n) is 4.55. The lowest BCUT2D eigenvalue weighted by molar-refractivity contribution is 0.229. The van der Waals surface area contributed by atoms with Crippen LogP contribution in [0.5, 0.6) is 0 Å². The van der Waals surface area contributed by atoms with E-state index in [0.717, 1.165) is 51.1 Å². The molecule has 0 saturated carbocycles. The molecule has 1 aromatic rings. The molecule has 3 rings (SSSR count). The first-order valence-corrected chi connectivity index (χ1v) is 7.72. The summed E-state index contributed by atoms with van der Waals surface area (Å²) in [5, 5.41) is 12.8. The Bertz CT molecular complexity index is 524. The summed E-state index contributed by atoms with van der Waals surface area (Å²) in [6.45, 7) is 5.62. The van der Waals surface area contributed by atoms with Crippen molar-refractivity contribution >= 4 is 5.82 Å². The standard InChI is InChI=1S/C16H22N4/c1-2-20-8-6-14(7-9-20)18-16-13(11-17)10-12-4-3-5-15(12)19-16/h10,14H,2-9H2,1H3,(H,18,19). The van der Waals surface area contributed by atoms with Gasteiger partial charge in [-0.1, -0.05) is 6.92 Å². The SMILES string of the molecule is CCN1CCC(Nc2nc3c(cc2C#N)CCC3)CC1. The molecule has 0 unspecified atom stereocenters. The van der Waals surface area contributed by atoms with Gasteiger partial charge in [0.15, 0.2) is 0 Å². The monoisotopic (exact) mass is 270 g/mol. The molecule has 1 aliphatic carbocycles. The van der Waals surface area contributed by atoms with Gasteiger partial charge >= 0.3 is 0 Å². The minimum Gasteiger partial charge on any atom is -0.366 e. The maximum atomic E-state index is 9.32. The van der Waals surface area contributed by atoms with Gasteiger partial charge in [-0.2, -0.15) is 5.26 Å². The summed E-state index contributed by atoms with van der Waals surface area (Å²) in [6.07, 6.45) is 5.58. The van der Waals surface area contributed by atoms with Crippen molar-refractivity contribution in [3.8, 4) is 6.07 Å². The van der Waals surface area contributed by atoms with Gasteiger partial charge in [-0.05, 0) is 50.3 Å². The van der Waals surface area contributed by atoms with E-state index in [1.54, 1.807) is 0 Å². The van der Waals surface area contributed by atoms with Crippen LogP contribution < -0.4 is 5.32 Å². The van der Waals surface area contributed by atoms with Crippen LogP contribution in [-0.4, -0.2) is 35.6 Å². The molecule has 0 radical (unpaired) electrons. The maximum absolute atomic E-state index is 9.32. The summed E-state index contributed by atoms with van der Waals surface area (Å²) in [7, 11) is 0. The lowest BCUT2D eigenvalue weighted by Crippen LogP contribution is -2.39. The zero-order valence-corrected chi connectivity index (χ0v) is 12.2. The number of nitrogens with one attached hydrogen (secondary N) is 1. The smallest absolute Gasteiger partial charge is 0.144 e. The van der Waals surface area contributed by atoms with E-state index in [1.807, 2.05) is 6.07 Å². The first-order chi connectivity index (χ1) is 9.80. The molecule has 0 atom stereocenters. The molecule has 20 heavy (non-hydrogen) atoms. The van der Waals surface area contributed by atoms with E-state index in [1.165, 1.54) is 17.7 Å². The lowest BCUT2D eigenvalue weighted by atomic mass is 10.0. The molecule has 1 saturated heterocycles. The molecule has 4 heteroatoms. The second-order valence-corrected chi connectivity index (χ2v) is 5.81. The van der Waals surface area contributed by atoms with Crippen LogP contribution in [0.1, 0.15) is 43.0 Å². The first kappa shape index (κ1) is 13.4. The number of nitriles is 1. The van der Waals surface area contributed by atoms with Crippen molar-refractivity contribution in [2.24, 2.45) is 0 Å². The van der Waals surface area contributed by atoms with E-state index in [-0.39, 0.29) is 0 Å². The quantitative estimate of drug-likeness (QED) is 0.916. The van der Waals surface area contributed by atoms with Crippen molar-refractivity contribution in [2.75, 3.05) is 25.0 Å². The average Bonchev–Trinajstić information content (AvgIpc) is 2.94. The zero-order chi connectivity index (χ0) is 13.9. The number of aryl methyl sites for hydroxylation is 2. The number of piperidine rings is 1. The Kier molecular flexibility index (Phi) is 3.88. The van der Waals surface area contributed by atoms with E-state index in [0.29, 0.717) is 11.6 Å². The predicted molar refractivity (Wildman–Crippen MR) is 79.7 cm³/mol. The van der Waals surface area contributed by atoms with Crippen molar-refractivity contribution in [3.05, 3.63) is 22.9 Å². The molecule has 2 heterocycles. The number of anilines is 1. The maximum Gasteiger partial charge on any atom is 0.144 e. The Morgan fingerprint density at radius 3 is 2.90 bits per heavy atom. The van der Waals surface area contributed by atoms with E-state index < -0.39 is 0 Å². The number of nitrogens with zero attached hydrogens (tertiary/aromatic N) is 3. The number of rotatable bonds is 3. The van der Waals surface area contributed by atoms with E-state index in [2.05, 4.69) is 23.2 Å². The molecule has 106 valence electrons. The number of fused-ring (bicyclic) bond motifs is 1. The van der Waals surface area contributed by atoms with Crippen molar-refractivity contribution in [3.63, 3.8) is 0 Å². The van der Waals surface area contributed by atoms with Gasteiger partial charge in [0.25, 0.3) is 0 Å². The molecule has 0 bridgehead atoms.